The average molecular weight is 425 g/mol. The van der Waals surface area contributed by atoms with Crippen molar-refractivity contribution >= 4 is 23.1 Å². The minimum Gasteiger partial charge on any atom is -0.493 e. The zero-order chi connectivity index (χ0) is 20.2. The first-order chi connectivity index (χ1) is 14.2. The lowest BCUT2D eigenvalue weighted by Crippen LogP contribution is -1.91. The first-order valence-corrected chi connectivity index (χ1v) is 10.8. The quantitative estimate of drug-likeness (QED) is 0.411. The van der Waals surface area contributed by atoms with E-state index in [9.17, 15) is 0 Å². The largest absolute Gasteiger partial charge is 0.493 e. The highest BCUT2D eigenvalue weighted by Gasteiger charge is 2.11. The molecule has 6 nitrogen and oxygen atoms in total. The molecule has 2 aromatic carbocycles. The fourth-order valence-electron chi connectivity index (χ4n) is 2.77. The molecule has 0 aliphatic heterocycles. The number of thiazole rings is 1. The van der Waals surface area contributed by atoms with Gasteiger partial charge in [-0.25, -0.2) is 9.97 Å². The Balaban J connectivity index is 1.43. The molecule has 0 aliphatic rings. The van der Waals surface area contributed by atoms with E-state index in [4.69, 9.17) is 14.5 Å². The number of ether oxygens (including phenoxy) is 2. The Morgan fingerprint density at radius 1 is 0.966 bits per heavy atom. The summed E-state index contributed by atoms with van der Waals surface area (Å²) < 4.78 is 10.7. The van der Waals surface area contributed by atoms with E-state index in [0.29, 0.717) is 22.4 Å². The molecule has 0 amide bonds. The minimum atomic E-state index is 0.695. The van der Waals surface area contributed by atoms with Gasteiger partial charge in [0.1, 0.15) is 5.01 Å². The van der Waals surface area contributed by atoms with Crippen molar-refractivity contribution in [2.24, 2.45) is 0 Å². The maximum absolute atomic E-state index is 5.38. The molecule has 0 spiro atoms. The lowest BCUT2D eigenvalue weighted by Gasteiger charge is -2.08. The number of rotatable bonds is 7. The SMILES string of the molecule is COc1ccc(-c2nc(CSc3n[nH]c(-c4ccc(C)cc4)n3)cs2)cc1OC. The molecule has 0 fully saturated rings. The number of aromatic amines is 1. The molecule has 0 bridgehead atoms. The van der Waals surface area contributed by atoms with E-state index in [1.807, 2.05) is 30.3 Å². The Labute approximate surface area is 177 Å². The minimum absolute atomic E-state index is 0.695. The summed E-state index contributed by atoms with van der Waals surface area (Å²) in [5.74, 6) is 2.88. The smallest absolute Gasteiger partial charge is 0.209 e. The molecule has 2 heterocycles. The van der Waals surface area contributed by atoms with Crippen LogP contribution in [0.2, 0.25) is 0 Å². The number of methoxy groups -OCH3 is 2. The zero-order valence-electron chi connectivity index (χ0n) is 16.3. The van der Waals surface area contributed by atoms with Crippen LogP contribution in [0, 0.1) is 6.92 Å². The van der Waals surface area contributed by atoms with Gasteiger partial charge in [0.05, 0.1) is 19.9 Å². The van der Waals surface area contributed by atoms with E-state index in [1.54, 1.807) is 37.3 Å². The number of nitrogens with one attached hydrogen (secondary N) is 1. The monoisotopic (exact) mass is 424 g/mol. The summed E-state index contributed by atoms with van der Waals surface area (Å²) in [7, 11) is 3.26. The maximum atomic E-state index is 5.38. The summed E-state index contributed by atoms with van der Waals surface area (Å²) in [6.07, 6.45) is 0. The number of H-pyrrole nitrogens is 1. The van der Waals surface area contributed by atoms with Crippen molar-refractivity contribution in [3.63, 3.8) is 0 Å². The molecule has 2 aromatic heterocycles. The van der Waals surface area contributed by atoms with E-state index in [1.165, 1.54) is 5.56 Å². The van der Waals surface area contributed by atoms with Gasteiger partial charge < -0.3 is 9.47 Å². The third kappa shape index (κ3) is 4.44. The van der Waals surface area contributed by atoms with Crippen molar-refractivity contribution in [1.82, 2.24) is 20.2 Å². The van der Waals surface area contributed by atoms with Gasteiger partial charge in [0, 0.05) is 22.3 Å². The molecule has 0 saturated heterocycles. The molecule has 0 radical (unpaired) electrons. The molecule has 0 atom stereocenters. The normalized spacial score (nSPS) is 10.9. The Morgan fingerprint density at radius 2 is 1.72 bits per heavy atom. The van der Waals surface area contributed by atoms with Crippen LogP contribution in [0.15, 0.2) is 53.0 Å². The van der Waals surface area contributed by atoms with E-state index < -0.39 is 0 Å². The summed E-state index contributed by atoms with van der Waals surface area (Å²) in [5.41, 5.74) is 4.24. The number of hydrogen-bond donors (Lipinski definition) is 1. The van der Waals surface area contributed by atoms with Crippen molar-refractivity contribution in [3.8, 4) is 33.5 Å². The summed E-state index contributed by atoms with van der Waals surface area (Å²) in [6, 6.07) is 14.0. The van der Waals surface area contributed by atoms with Gasteiger partial charge in [-0.05, 0) is 25.1 Å². The van der Waals surface area contributed by atoms with Crippen LogP contribution in [0.5, 0.6) is 11.5 Å². The molecular weight excluding hydrogens is 404 g/mol. The van der Waals surface area contributed by atoms with E-state index in [2.05, 4.69) is 39.6 Å². The van der Waals surface area contributed by atoms with Gasteiger partial charge in [0.2, 0.25) is 5.16 Å². The van der Waals surface area contributed by atoms with Crippen molar-refractivity contribution in [2.75, 3.05) is 14.2 Å². The van der Waals surface area contributed by atoms with Gasteiger partial charge in [-0.2, -0.15) is 0 Å². The highest BCUT2D eigenvalue weighted by atomic mass is 32.2. The Kier molecular flexibility index (Phi) is 5.82. The molecule has 4 rings (SSSR count). The molecular formula is C21H20N4O2S2. The lowest BCUT2D eigenvalue weighted by atomic mass is 10.1. The lowest BCUT2D eigenvalue weighted by molar-refractivity contribution is 0.355. The molecule has 148 valence electrons. The fourth-order valence-corrected chi connectivity index (χ4v) is 4.38. The zero-order valence-corrected chi connectivity index (χ0v) is 17.9. The molecule has 0 saturated carbocycles. The molecule has 0 unspecified atom stereocenters. The third-order valence-corrected chi connectivity index (χ3v) is 6.14. The van der Waals surface area contributed by atoms with Crippen LogP contribution in [0.1, 0.15) is 11.3 Å². The number of nitrogens with zero attached hydrogens (tertiary/aromatic N) is 3. The van der Waals surface area contributed by atoms with Crippen LogP contribution < -0.4 is 9.47 Å². The van der Waals surface area contributed by atoms with Gasteiger partial charge in [0.25, 0.3) is 0 Å². The standard InChI is InChI=1S/C21H20N4O2S2/c1-13-4-6-14(7-5-13)19-23-21(25-24-19)29-12-16-11-28-20(22-16)15-8-9-17(26-2)18(10-15)27-3/h4-11H,12H2,1-3H3,(H,23,24,25). The van der Waals surface area contributed by atoms with Gasteiger partial charge in [-0.1, -0.05) is 41.6 Å². The maximum Gasteiger partial charge on any atom is 0.209 e. The first kappa shape index (κ1) is 19.5. The second-order valence-corrected chi connectivity index (χ2v) is 8.14. The van der Waals surface area contributed by atoms with Crippen LogP contribution in [-0.4, -0.2) is 34.4 Å². The molecule has 0 aliphatic carbocycles. The second kappa shape index (κ2) is 8.67. The number of benzene rings is 2. The first-order valence-electron chi connectivity index (χ1n) is 8.95. The van der Waals surface area contributed by atoms with Crippen molar-refractivity contribution < 1.29 is 9.47 Å². The Morgan fingerprint density at radius 3 is 2.48 bits per heavy atom. The Hall–Kier alpha value is -2.84. The summed E-state index contributed by atoms with van der Waals surface area (Å²) in [6.45, 7) is 2.07. The summed E-state index contributed by atoms with van der Waals surface area (Å²) in [4.78, 5) is 9.31. The predicted octanol–water partition coefficient (Wildman–Crippen LogP) is 5.21. The van der Waals surface area contributed by atoms with Crippen LogP contribution in [-0.2, 0) is 5.75 Å². The van der Waals surface area contributed by atoms with Gasteiger partial charge in [-0.3, -0.25) is 5.10 Å². The average Bonchev–Trinajstić information content (AvgIpc) is 3.42. The van der Waals surface area contributed by atoms with Crippen LogP contribution in [0.3, 0.4) is 0 Å². The number of aryl methyl sites for hydroxylation is 1. The molecule has 1 N–H and O–H groups in total. The number of aromatic nitrogens is 4. The van der Waals surface area contributed by atoms with E-state index in [0.717, 1.165) is 27.7 Å². The predicted molar refractivity (Wildman–Crippen MR) is 117 cm³/mol. The van der Waals surface area contributed by atoms with Crippen LogP contribution in [0.4, 0.5) is 0 Å². The second-order valence-electron chi connectivity index (χ2n) is 6.34. The highest BCUT2D eigenvalue weighted by Crippen LogP contribution is 2.34. The van der Waals surface area contributed by atoms with Crippen molar-refractivity contribution in [3.05, 3.63) is 59.1 Å². The molecule has 4 aromatic rings. The van der Waals surface area contributed by atoms with Gasteiger partial charge in [-0.15, -0.1) is 16.4 Å². The van der Waals surface area contributed by atoms with Crippen LogP contribution in [0.25, 0.3) is 22.0 Å². The van der Waals surface area contributed by atoms with Crippen molar-refractivity contribution in [2.45, 2.75) is 17.8 Å². The van der Waals surface area contributed by atoms with E-state index >= 15 is 0 Å². The number of hydrogen-bond acceptors (Lipinski definition) is 7. The van der Waals surface area contributed by atoms with Gasteiger partial charge in [0.15, 0.2) is 17.3 Å². The Bertz CT molecular complexity index is 1110. The highest BCUT2D eigenvalue weighted by molar-refractivity contribution is 7.98. The topological polar surface area (TPSA) is 72.9 Å². The summed E-state index contributed by atoms with van der Waals surface area (Å²) >= 11 is 3.16. The van der Waals surface area contributed by atoms with E-state index in [-0.39, 0.29) is 0 Å². The molecule has 8 heteroatoms. The van der Waals surface area contributed by atoms with Crippen LogP contribution >= 0.6 is 23.1 Å². The van der Waals surface area contributed by atoms with Crippen molar-refractivity contribution in [1.29, 1.82) is 0 Å². The third-order valence-electron chi connectivity index (χ3n) is 4.32. The van der Waals surface area contributed by atoms with Gasteiger partial charge >= 0.3 is 0 Å². The number of thioether (sulfide) groups is 1. The summed E-state index contributed by atoms with van der Waals surface area (Å²) in [5, 5.41) is 11.0. The fraction of sp³-hybridized carbons (Fsp3) is 0.190. The molecule has 29 heavy (non-hydrogen) atoms.